The predicted octanol–water partition coefficient (Wildman–Crippen LogP) is 5.34. The summed E-state index contributed by atoms with van der Waals surface area (Å²) in [5.41, 5.74) is 0.382. The highest BCUT2D eigenvalue weighted by molar-refractivity contribution is 7.15. The van der Waals surface area contributed by atoms with Crippen LogP contribution in [0.5, 0.6) is 0 Å². The number of amides is 1. The number of carboxylic acid groups (broad SMARTS) is 1. The van der Waals surface area contributed by atoms with Gasteiger partial charge in [0, 0.05) is 23.9 Å². The van der Waals surface area contributed by atoms with Gasteiger partial charge in [0.15, 0.2) is 0 Å². The van der Waals surface area contributed by atoms with E-state index in [1.165, 1.54) is 11.3 Å². The van der Waals surface area contributed by atoms with E-state index >= 15 is 0 Å². The maximum atomic E-state index is 13.8. The number of nitrogens with zero attached hydrogens (tertiary/aromatic N) is 2. The van der Waals surface area contributed by atoms with Gasteiger partial charge in [-0.2, -0.15) is 0 Å². The van der Waals surface area contributed by atoms with Gasteiger partial charge in [0.25, 0.3) is 0 Å². The van der Waals surface area contributed by atoms with Gasteiger partial charge in [0.1, 0.15) is 4.88 Å². The molecule has 176 valence electrons. The van der Waals surface area contributed by atoms with Crippen LogP contribution in [0.2, 0.25) is 0 Å². The van der Waals surface area contributed by atoms with Crippen molar-refractivity contribution in [2.24, 2.45) is 23.2 Å². The van der Waals surface area contributed by atoms with E-state index in [1.54, 1.807) is 0 Å². The molecule has 2 fully saturated rings. The fourth-order valence-electron chi connectivity index (χ4n) is 4.80. The maximum Gasteiger partial charge on any atom is 0.348 e. The maximum absolute atomic E-state index is 13.8. The van der Waals surface area contributed by atoms with Crippen molar-refractivity contribution in [2.45, 2.75) is 72.3 Å². The molecule has 0 saturated heterocycles. The Kier molecular flexibility index (Phi) is 7.73. The van der Waals surface area contributed by atoms with Crippen molar-refractivity contribution < 1.29 is 14.7 Å². The third kappa shape index (κ3) is 6.14. The molecular formula is C26H38N2O3S. The molecule has 0 unspecified atom stereocenters. The molecule has 0 aliphatic heterocycles. The van der Waals surface area contributed by atoms with E-state index in [0.29, 0.717) is 22.4 Å². The zero-order chi connectivity index (χ0) is 23.6. The van der Waals surface area contributed by atoms with Gasteiger partial charge in [0.05, 0.1) is 10.6 Å². The molecule has 0 radical (unpaired) electrons. The summed E-state index contributed by atoms with van der Waals surface area (Å²) in [6.07, 6.45) is 5.77. The van der Waals surface area contributed by atoms with Crippen molar-refractivity contribution in [3.8, 4) is 11.8 Å². The van der Waals surface area contributed by atoms with E-state index in [9.17, 15) is 14.7 Å². The highest BCUT2D eigenvalue weighted by Gasteiger charge is 2.41. The Morgan fingerprint density at radius 2 is 1.78 bits per heavy atom. The first kappa shape index (κ1) is 24.8. The lowest BCUT2D eigenvalue weighted by Crippen LogP contribution is -2.52. The summed E-state index contributed by atoms with van der Waals surface area (Å²) in [5, 5.41) is 9.94. The Hall–Kier alpha value is -1.84. The summed E-state index contributed by atoms with van der Waals surface area (Å²) in [5.74, 6) is 6.68. The molecular weight excluding hydrogens is 420 g/mol. The van der Waals surface area contributed by atoms with Gasteiger partial charge < -0.3 is 14.9 Å². The Morgan fingerprint density at radius 1 is 1.16 bits per heavy atom. The smallest absolute Gasteiger partial charge is 0.348 e. The summed E-state index contributed by atoms with van der Waals surface area (Å²) >= 11 is 1.19. The van der Waals surface area contributed by atoms with Gasteiger partial charge in [-0.15, -0.1) is 11.3 Å². The third-order valence-electron chi connectivity index (χ3n) is 6.53. The fraction of sp³-hybridized carbons (Fsp3) is 0.692. The van der Waals surface area contributed by atoms with Crippen molar-refractivity contribution in [1.82, 2.24) is 4.90 Å². The van der Waals surface area contributed by atoms with Crippen LogP contribution in [0.15, 0.2) is 6.07 Å². The van der Waals surface area contributed by atoms with Crippen LogP contribution in [0.25, 0.3) is 0 Å². The molecule has 1 aromatic heterocycles. The molecule has 1 amide bonds. The summed E-state index contributed by atoms with van der Waals surface area (Å²) in [7, 11) is 4.14. The van der Waals surface area contributed by atoms with Gasteiger partial charge in [-0.1, -0.05) is 18.8 Å². The van der Waals surface area contributed by atoms with Crippen LogP contribution in [0.1, 0.15) is 80.8 Å². The Bertz CT molecular complexity index is 888. The Labute approximate surface area is 197 Å². The van der Waals surface area contributed by atoms with E-state index in [2.05, 4.69) is 37.8 Å². The highest BCUT2D eigenvalue weighted by atomic mass is 32.1. The first-order valence-electron chi connectivity index (χ1n) is 11.8. The quantitative estimate of drug-likeness (QED) is 0.584. The average molecular weight is 459 g/mol. The van der Waals surface area contributed by atoms with Gasteiger partial charge in [0.2, 0.25) is 5.91 Å². The van der Waals surface area contributed by atoms with E-state index < -0.39 is 5.97 Å². The van der Waals surface area contributed by atoms with Crippen LogP contribution >= 0.6 is 11.3 Å². The molecule has 0 atom stereocenters. The standard InChI is InChI=1S/C26H38N2O3S/c1-17-7-9-19(10-8-17)24(29)28(20-13-18(14-20)16-27(5)6)22-15-21(11-12-26(2,3)4)32-23(22)25(30)31/h15,17-20H,7-10,13-14,16H2,1-6H3,(H,30,31)/t17-,18-,19-,20-. The van der Waals surface area contributed by atoms with E-state index in [4.69, 9.17) is 0 Å². The number of thiophene rings is 1. The Balaban J connectivity index is 1.93. The molecule has 2 aliphatic carbocycles. The van der Waals surface area contributed by atoms with Crippen LogP contribution in [0, 0.1) is 35.0 Å². The third-order valence-corrected chi connectivity index (χ3v) is 7.56. The molecule has 2 saturated carbocycles. The predicted molar refractivity (Wildman–Crippen MR) is 131 cm³/mol. The number of anilines is 1. The molecule has 0 spiro atoms. The van der Waals surface area contributed by atoms with Gasteiger partial charge in [-0.3, -0.25) is 4.79 Å². The van der Waals surface area contributed by atoms with Crippen LogP contribution in [0.4, 0.5) is 5.69 Å². The second kappa shape index (κ2) is 9.97. The highest BCUT2D eigenvalue weighted by Crippen LogP contribution is 2.41. The first-order chi connectivity index (χ1) is 14.9. The van der Waals surface area contributed by atoms with Gasteiger partial charge >= 0.3 is 5.97 Å². The molecule has 3 rings (SSSR count). The monoisotopic (exact) mass is 458 g/mol. The molecule has 1 N–H and O–H groups in total. The number of carbonyl (C=O) groups is 2. The fourth-order valence-corrected chi connectivity index (χ4v) is 5.64. The number of aromatic carboxylic acids is 1. The molecule has 0 aromatic carbocycles. The molecule has 6 heteroatoms. The second-order valence-electron chi connectivity index (χ2n) is 11.0. The van der Waals surface area contributed by atoms with E-state index in [-0.39, 0.29) is 28.2 Å². The van der Waals surface area contributed by atoms with Crippen LogP contribution in [0.3, 0.4) is 0 Å². The van der Waals surface area contributed by atoms with Gasteiger partial charge in [-0.05, 0) is 91.3 Å². The van der Waals surface area contributed by atoms with Crippen molar-refractivity contribution in [2.75, 3.05) is 25.5 Å². The molecule has 0 bridgehead atoms. The molecule has 32 heavy (non-hydrogen) atoms. The van der Waals surface area contributed by atoms with Crippen molar-refractivity contribution in [3.63, 3.8) is 0 Å². The summed E-state index contributed by atoms with van der Waals surface area (Å²) in [4.78, 5) is 30.9. The SMILES string of the molecule is CN(C)C[C@H]1C[C@H](N(c2cc(C#CC(C)(C)C)sc2C(=O)O)C(=O)[C@H]2CC[C@H](C)CC2)C1. The molecule has 1 heterocycles. The lowest BCUT2D eigenvalue weighted by Gasteiger charge is -2.45. The molecule has 2 aliphatic rings. The molecule has 1 aromatic rings. The average Bonchev–Trinajstić information content (AvgIpc) is 3.08. The number of hydrogen-bond donors (Lipinski definition) is 1. The minimum atomic E-state index is -0.979. The summed E-state index contributed by atoms with van der Waals surface area (Å²) in [6.45, 7) is 9.35. The number of hydrogen-bond acceptors (Lipinski definition) is 4. The molecule has 5 nitrogen and oxygen atoms in total. The zero-order valence-electron chi connectivity index (χ0n) is 20.4. The topological polar surface area (TPSA) is 60.9 Å². The first-order valence-corrected chi connectivity index (χ1v) is 12.6. The van der Waals surface area contributed by atoms with Crippen molar-refractivity contribution >= 4 is 28.9 Å². The number of carboxylic acids is 1. The summed E-state index contributed by atoms with van der Waals surface area (Å²) in [6, 6.07) is 1.91. The lowest BCUT2D eigenvalue weighted by atomic mass is 9.77. The van der Waals surface area contributed by atoms with E-state index in [1.807, 2.05) is 31.7 Å². The summed E-state index contributed by atoms with van der Waals surface area (Å²) < 4.78 is 0. The largest absolute Gasteiger partial charge is 0.477 e. The minimum Gasteiger partial charge on any atom is -0.477 e. The normalized spacial score (nSPS) is 25.6. The van der Waals surface area contributed by atoms with Crippen LogP contribution in [-0.2, 0) is 4.79 Å². The van der Waals surface area contributed by atoms with Gasteiger partial charge in [-0.25, -0.2) is 4.79 Å². The minimum absolute atomic E-state index is 0.00949. The van der Waals surface area contributed by atoms with Crippen molar-refractivity contribution in [3.05, 3.63) is 15.8 Å². The number of rotatable bonds is 6. The van der Waals surface area contributed by atoms with Crippen molar-refractivity contribution in [1.29, 1.82) is 0 Å². The van der Waals surface area contributed by atoms with Crippen LogP contribution < -0.4 is 4.90 Å². The Morgan fingerprint density at radius 3 is 2.31 bits per heavy atom. The zero-order valence-corrected chi connectivity index (χ0v) is 21.2. The lowest BCUT2D eigenvalue weighted by molar-refractivity contribution is -0.124. The number of carbonyl (C=O) groups excluding carboxylic acids is 1. The second-order valence-corrected chi connectivity index (χ2v) is 12.1. The van der Waals surface area contributed by atoms with Crippen LogP contribution in [-0.4, -0.2) is 48.6 Å². The van der Waals surface area contributed by atoms with E-state index in [0.717, 1.165) is 45.1 Å².